The number of nitrogens with one attached hydrogen (secondary N) is 1. The molecule has 2 aromatic heterocycles. The fraction of sp³-hybridized carbons (Fsp3) is 0.476. The van der Waals surface area contributed by atoms with Crippen molar-refractivity contribution in [3.05, 3.63) is 47.5 Å². The third-order valence-corrected chi connectivity index (χ3v) is 5.27. The third-order valence-electron chi connectivity index (χ3n) is 5.27. The van der Waals surface area contributed by atoms with Gasteiger partial charge in [-0.15, -0.1) is 0 Å². The summed E-state index contributed by atoms with van der Waals surface area (Å²) in [6.07, 6.45) is 2.93. The Bertz CT molecular complexity index is 922. The van der Waals surface area contributed by atoms with Crippen molar-refractivity contribution in [3.63, 3.8) is 0 Å². The minimum atomic E-state index is 0.0702. The van der Waals surface area contributed by atoms with E-state index in [1.165, 1.54) is 0 Å². The molecule has 3 heterocycles. The lowest BCUT2D eigenvalue weighted by atomic mass is 9.97. The fourth-order valence-corrected chi connectivity index (χ4v) is 3.96. The van der Waals surface area contributed by atoms with Crippen molar-refractivity contribution < 1.29 is 4.79 Å². The highest BCUT2D eigenvalue weighted by atomic mass is 16.2. The van der Waals surface area contributed by atoms with E-state index in [-0.39, 0.29) is 11.8 Å². The van der Waals surface area contributed by atoms with Gasteiger partial charge >= 0.3 is 0 Å². The quantitative estimate of drug-likeness (QED) is 0.769. The second kappa shape index (κ2) is 7.18. The molecule has 0 radical (unpaired) electrons. The number of fused-ring (bicyclic) bond motifs is 1. The number of imidazole rings is 1. The number of para-hydroxylation sites is 2. The zero-order chi connectivity index (χ0) is 19.0. The van der Waals surface area contributed by atoms with Crippen LogP contribution in [0.5, 0.6) is 0 Å². The Balaban J connectivity index is 1.52. The molecule has 0 aliphatic carbocycles. The summed E-state index contributed by atoms with van der Waals surface area (Å²) in [6, 6.07) is 10.0. The molecule has 4 rings (SSSR count). The van der Waals surface area contributed by atoms with E-state index in [1.807, 2.05) is 42.3 Å². The number of aromatic nitrogens is 4. The molecule has 3 aromatic rings. The Labute approximate surface area is 159 Å². The maximum atomic E-state index is 13.1. The summed E-state index contributed by atoms with van der Waals surface area (Å²) in [5, 5.41) is 4.52. The van der Waals surface area contributed by atoms with Crippen LogP contribution in [0.3, 0.4) is 0 Å². The highest BCUT2D eigenvalue weighted by molar-refractivity contribution is 5.92. The predicted octanol–water partition coefficient (Wildman–Crippen LogP) is 3.51. The first-order chi connectivity index (χ1) is 13.0. The van der Waals surface area contributed by atoms with Crippen LogP contribution in [-0.4, -0.2) is 43.6 Å². The summed E-state index contributed by atoms with van der Waals surface area (Å²) in [5.41, 5.74) is 3.71. The standard InChI is InChI=1S/C21H27N5O/c1-14(2)11-16-12-19(25(3)24-16)21(27)26-10-6-7-15(13-26)20-22-17-8-4-5-9-18(17)23-20/h4-5,8-9,12,14-15H,6-7,10-11,13H2,1-3H3,(H,22,23)/t15-/m0/s1. The van der Waals surface area contributed by atoms with Crippen LogP contribution in [0.4, 0.5) is 0 Å². The highest BCUT2D eigenvalue weighted by Crippen LogP contribution is 2.27. The molecule has 1 atom stereocenters. The van der Waals surface area contributed by atoms with Gasteiger partial charge in [-0.25, -0.2) is 4.98 Å². The summed E-state index contributed by atoms with van der Waals surface area (Å²) in [7, 11) is 1.86. The summed E-state index contributed by atoms with van der Waals surface area (Å²) in [6.45, 7) is 5.82. The van der Waals surface area contributed by atoms with Crippen LogP contribution >= 0.6 is 0 Å². The monoisotopic (exact) mass is 365 g/mol. The number of rotatable bonds is 4. The second-order valence-electron chi connectivity index (χ2n) is 7.97. The maximum Gasteiger partial charge on any atom is 0.272 e. The summed E-state index contributed by atoms with van der Waals surface area (Å²) in [5.74, 6) is 1.83. The number of hydrogen-bond acceptors (Lipinski definition) is 3. The molecule has 0 spiro atoms. The summed E-state index contributed by atoms with van der Waals surface area (Å²) in [4.78, 5) is 23.2. The van der Waals surface area contributed by atoms with E-state index in [9.17, 15) is 4.79 Å². The van der Waals surface area contributed by atoms with Crippen LogP contribution in [0.2, 0.25) is 0 Å². The van der Waals surface area contributed by atoms with Gasteiger partial charge in [0.2, 0.25) is 0 Å². The molecule has 1 fully saturated rings. The number of likely N-dealkylation sites (tertiary alicyclic amines) is 1. The number of benzene rings is 1. The zero-order valence-corrected chi connectivity index (χ0v) is 16.3. The first kappa shape index (κ1) is 17.8. The first-order valence-corrected chi connectivity index (χ1v) is 9.78. The molecule has 6 heteroatoms. The van der Waals surface area contributed by atoms with Gasteiger partial charge in [-0.2, -0.15) is 5.10 Å². The highest BCUT2D eigenvalue weighted by Gasteiger charge is 2.29. The lowest BCUT2D eigenvalue weighted by Crippen LogP contribution is -2.40. The van der Waals surface area contributed by atoms with Crippen molar-refractivity contribution in [2.75, 3.05) is 13.1 Å². The second-order valence-corrected chi connectivity index (χ2v) is 7.97. The van der Waals surface area contributed by atoms with Gasteiger partial charge in [-0.3, -0.25) is 9.48 Å². The lowest BCUT2D eigenvalue weighted by molar-refractivity contribution is 0.0693. The molecule has 6 nitrogen and oxygen atoms in total. The number of carbonyl (C=O) groups excluding carboxylic acids is 1. The topological polar surface area (TPSA) is 66.8 Å². The van der Waals surface area contributed by atoms with Crippen molar-refractivity contribution >= 4 is 16.9 Å². The smallest absolute Gasteiger partial charge is 0.272 e. The Morgan fingerprint density at radius 2 is 2.15 bits per heavy atom. The molecule has 1 amide bonds. The number of H-pyrrole nitrogens is 1. The average molecular weight is 365 g/mol. The average Bonchev–Trinajstić information content (AvgIpc) is 3.24. The van der Waals surface area contributed by atoms with E-state index in [1.54, 1.807) is 4.68 Å². The molecule has 27 heavy (non-hydrogen) atoms. The van der Waals surface area contributed by atoms with Crippen LogP contribution in [0.25, 0.3) is 11.0 Å². The van der Waals surface area contributed by atoms with Crippen LogP contribution in [0.15, 0.2) is 30.3 Å². The molecule has 1 saturated heterocycles. The molecular formula is C21H27N5O. The zero-order valence-electron chi connectivity index (χ0n) is 16.3. The fourth-order valence-electron chi connectivity index (χ4n) is 3.96. The van der Waals surface area contributed by atoms with E-state index >= 15 is 0 Å². The van der Waals surface area contributed by atoms with Crippen LogP contribution in [0, 0.1) is 5.92 Å². The van der Waals surface area contributed by atoms with Crippen molar-refractivity contribution in [2.45, 2.75) is 39.0 Å². The molecule has 142 valence electrons. The minimum absolute atomic E-state index is 0.0702. The third kappa shape index (κ3) is 3.61. The molecular weight excluding hydrogens is 338 g/mol. The van der Waals surface area contributed by atoms with Gasteiger partial charge in [0.05, 0.1) is 16.7 Å². The van der Waals surface area contributed by atoms with Gasteiger partial charge in [0, 0.05) is 26.1 Å². The molecule has 1 aromatic carbocycles. The molecule has 1 N–H and O–H groups in total. The molecule has 1 aliphatic rings. The number of aromatic amines is 1. The van der Waals surface area contributed by atoms with E-state index in [2.05, 4.69) is 23.9 Å². The van der Waals surface area contributed by atoms with Gasteiger partial charge in [0.1, 0.15) is 11.5 Å². The van der Waals surface area contributed by atoms with Crippen LogP contribution < -0.4 is 0 Å². The Morgan fingerprint density at radius 1 is 1.33 bits per heavy atom. The Morgan fingerprint density at radius 3 is 2.93 bits per heavy atom. The number of hydrogen-bond donors (Lipinski definition) is 1. The summed E-state index contributed by atoms with van der Waals surface area (Å²) >= 11 is 0. The van der Waals surface area contributed by atoms with Gasteiger partial charge in [0.15, 0.2) is 0 Å². The number of carbonyl (C=O) groups is 1. The van der Waals surface area contributed by atoms with Gasteiger partial charge in [-0.1, -0.05) is 26.0 Å². The van der Waals surface area contributed by atoms with Crippen LogP contribution in [0.1, 0.15) is 54.6 Å². The van der Waals surface area contributed by atoms with Crippen molar-refractivity contribution in [2.24, 2.45) is 13.0 Å². The molecule has 0 unspecified atom stereocenters. The predicted molar refractivity (Wildman–Crippen MR) is 106 cm³/mol. The number of piperidine rings is 1. The van der Waals surface area contributed by atoms with Crippen molar-refractivity contribution in [3.8, 4) is 0 Å². The van der Waals surface area contributed by atoms with E-state index < -0.39 is 0 Å². The normalized spacial score (nSPS) is 17.8. The van der Waals surface area contributed by atoms with Gasteiger partial charge in [-0.05, 0) is 43.4 Å². The maximum absolute atomic E-state index is 13.1. The molecule has 0 bridgehead atoms. The number of nitrogens with zero attached hydrogens (tertiary/aromatic N) is 4. The van der Waals surface area contributed by atoms with E-state index in [0.717, 1.165) is 48.4 Å². The van der Waals surface area contributed by atoms with Gasteiger partial charge < -0.3 is 9.88 Å². The SMILES string of the molecule is CC(C)Cc1cc(C(=O)N2CCC[C@H](c3nc4ccccc4[nH]3)C2)n(C)n1. The minimum Gasteiger partial charge on any atom is -0.342 e. The first-order valence-electron chi connectivity index (χ1n) is 9.78. The Kier molecular flexibility index (Phi) is 4.72. The number of amides is 1. The molecule has 1 aliphatic heterocycles. The van der Waals surface area contributed by atoms with Crippen molar-refractivity contribution in [1.29, 1.82) is 0 Å². The van der Waals surface area contributed by atoms with Crippen LogP contribution in [-0.2, 0) is 13.5 Å². The summed E-state index contributed by atoms with van der Waals surface area (Å²) < 4.78 is 1.73. The largest absolute Gasteiger partial charge is 0.342 e. The van der Waals surface area contributed by atoms with Crippen molar-refractivity contribution in [1.82, 2.24) is 24.6 Å². The Hall–Kier alpha value is -2.63. The van der Waals surface area contributed by atoms with Gasteiger partial charge in [0.25, 0.3) is 5.91 Å². The molecule has 0 saturated carbocycles. The van der Waals surface area contributed by atoms with E-state index in [4.69, 9.17) is 4.98 Å². The lowest BCUT2D eigenvalue weighted by Gasteiger charge is -2.31. The number of aryl methyl sites for hydroxylation is 1. The van der Waals surface area contributed by atoms with E-state index in [0.29, 0.717) is 18.2 Å².